The Morgan fingerprint density at radius 3 is 2.75 bits per heavy atom. The molecule has 1 aliphatic heterocycles. The fourth-order valence-electron chi connectivity index (χ4n) is 1.89. The first-order chi connectivity index (χ1) is 5.75. The van der Waals surface area contributed by atoms with Gasteiger partial charge in [-0.2, -0.15) is 0 Å². The molecule has 0 aromatic carbocycles. The molecular weight excluding hydrogens is 150 g/mol. The van der Waals surface area contributed by atoms with Gasteiger partial charge in [-0.05, 0) is 18.8 Å². The Morgan fingerprint density at radius 1 is 1.50 bits per heavy atom. The zero-order chi connectivity index (χ0) is 8.55. The summed E-state index contributed by atoms with van der Waals surface area (Å²) >= 11 is 0. The number of hydrogen-bond donors (Lipinski definition) is 1. The number of rotatable bonds is 1. The molecule has 12 heavy (non-hydrogen) atoms. The number of nitrogens with one attached hydrogen (secondary N) is 1. The van der Waals surface area contributed by atoms with Gasteiger partial charge in [-0.1, -0.05) is 6.92 Å². The molecule has 0 spiro atoms. The maximum absolute atomic E-state index is 4.40. The summed E-state index contributed by atoms with van der Waals surface area (Å²) in [5.41, 5.74) is 0. The van der Waals surface area contributed by atoms with Crippen molar-refractivity contribution in [2.75, 3.05) is 20.1 Å². The second kappa shape index (κ2) is 2.96. The molecular formula is C9H17N3. The molecule has 0 unspecified atom stereocenters. The normalized spacial score (nSPS) is 34.5. The first-order valence-electron chi connectivity index (χ1n) is 4.78. The van der Waals surface area contributed by atoms with Gasteiger partial charge in [-0.15, -0.1) is 0 Å². The Kier molecular flexibility index (Phi) is 1.95. The van der Waals surface area contributed by atoms with Gasteiger partial charge in [-0.3, -0.25) is 4.99 Å². The fourth-order valence-corrected chi connectivity index (χ4v) is 1.89. The van der Waals surface area contributed by atoms with Crippen LogP contribution in [0.1, 0.15) is 19.8 Å². The van der Waals surface area contributed by atoms with E-state index in [0.717, 1.165) is 25.0 Å². The predicted octanol–water partition coefficient (Wildman–Crippen LogP) is 0.676. The van der Waals surface area contributed by atoms with Crippen LogP contribution in [0.15, 0.2) is 4.99 Å². The van der Waals surface area contributed by atoms with E-state index < -0.39 is 0 Å². The highest BCUT2D eigenvalue weighted by Gasteiger charge is 2.27. The van der Waals surface area contributed by atoms with Crippen molar-refractivity contribution in [3.63, 3.8) is 0 Å². The van der Waals surface area contributed by atoms with Crippen molar-refractivity contribution < 1.29 is 0 Å². The van der Waals surface area contributed by atoms with Gasteiger partial charge in [0.25, 0.3) is 0 Å². The number of guanidine groups is 1. The topological polar surface area (TPSA) is 27.6 Å². The molecule has 0 bridgehead atoms. The van der Waals surface area contributed by atoms with Crippen LogP contribution < -0.4 is 5.32 Å². The third-order valence-electron chi connectivity index (χ3n) is 2.77. The molecule has 2 rings (SSSR count). The van der Waals surface area contributed by atoms with Gasteiger partial charge in [0.2, 0.25) is 0 Å². The molecule has 2 aliphatic rings. The number of hydrogen-bond acceptors (Lipinski definition) is 3. The summed E-state index contributed by atoms with van der Waals surface area (Å²) < 4.78 is 0. The summed E-state index contributed by atoms with van der Waals surface area (Å²) in [5.74, 6) is 2.02. The van der Waals surface area contributed by atoms with Gasteiger partial charge in [0.15, 0.2) is 5.96 Å². The maximum atomic E-state index is 4.40. The number of likely N-dealkylation sites (N-methyl/N-ethyl adjacent to an activating group) is 1. The van der Waals surface area contributed by atoms with Crippen LogP contribution in [0.5, 0.6) is 0 Å². The second-order valence-electron chi connectivity index (χ2n) is 4.04. The van der Waals surface area contributed by atoms with E-state index in [4.69, 9.17) is 0 Å². The summed E-state index contributed by atoms with van der Waals surface area (Å²) in [4.78, 5) is 6.59. The highest BCUT2D eigenvalue weighted by Crippen LogP contribution is 2.26. The Bertz CT molecular complexity index is 194. The summed E-state index contributed by atoms with van der Waals surface area (Å²) in [7, 11) is 2.10. The molecule has 0 aromatic heterocycles. The zero-order valence-corrected chi connectivity index (χ0v) is 7.88. The molecule has 0 saturated heterocycles. The van der Waals surface area contributed by atoms with Gasteiger partial charge in [0.05, 0.1) is 6.54 Å². The Balaban J connectivity index is 1.80. The van der Waals surface area contributed by atoms with Crippen LogP contribution in [0.2, 0.25) is 0 Å². The molecule has 0 aromatic rings. The minimum atomic E-state index is 0.694. The van der Waals surface area contributed by atoms with Crippen molar-refractivity contribution in [2.24, 2.45) is 10.9 Å². The van der Waals surface area contributed by atoms with Crippen LogP contribution in [0.3, 0.4) is 0 Å². The number of aliphatic imine (C=N–C) groups is 1. The van der Waals surface area contributed by atoms with Crippen molar-refractivity contribution in [1.29, 1.82) is 0 Å². The lowest BCUT2D eigenvalue weighted by Crippen LogP contribution is -2.47. The quantitative estimate of drug-likeness (QED) is 0.622. The van der Waals surface area contributed by atoms with Gasteiger partial charge in [-0.25, -0.2) is 0 Å². The first-order valence-corrected chi connectivity index (χ1v) is 4.78. The van der Waals surface area contributed by atoms with Gasteiger partial charge in [0.1, 0.15) is 0 Å². The van der Waals surface area contributed by atoms with E-state index >= 15 is 0 Å². The van der Waals surface area contributed by atoms with E-state index in [1.54, 1.807) is 0 Å². The Hall–Kier alpha value is -0.730. The lowest BCUT2D eigenvalue weighted by atomic mass is 9.82. The van der Waals surface area contributed by atoms with Crippen molar-refractivity contribution in [2.45, 2.75) is 25.8 Å². The molecule has 1 aliphatic carbocycles. The molecule has 1 fully saturated rings. The summed E-state index contributed by atoms with van der Waals surface area (Å²) in [6.45, 7) is 4.34. The lowest BCUT2D eigenvalue weighted by Gasteiger charge is -2.35. The van der Waals surface area contributed by atoms with Crippen LogP contribution in [0.4, 0.5) is 0 Å². The molecule has 1 N–H and O–H groups in total. The molecule has 0 amide bonds. The van der Waals surface area contributed by atoms with E-state index in [1.165, 1.54) is 12.8 Å². The van der Waals surface area contributed by atoms with Crippen LogP contribution in [-0.2, 0) is 0 Å². The lowest BCUT2D eigenvalue weighted by molar-refractivity contribution is 0.262. The van der Waals surface area contributed by atoms with Gasteiger partial charge < -0.3 is 10.2 Å². The van der Waals surface area contributed by atoms with Gasteiger partial charge >= 0.3 is 0 Å². The highest BCUT2D eigenvalue weighted by molar-refractivity contribution is 5.81. The van der Waals surface area contributed by atoms with Crippen LogP contribution in [0.25, 0.3) is 0 Å². The summed E-state index contributed by atoms with van der Waals surface area (Å²) in [5, 5.41) is 3.47. The van der Waals surface area contributed by atoms with Gasteiger partial charge in [0, 0.05) is 19.6 Å². The van der Waals surface area contributed by atoms with Crippen molar-refractivity contribution in [3.8, 4) is 0 Å². The van der Waals surface area contributed by atoms with E-state index in [9.17, 15) is 0 Å². The molecule has 3 heteroatoms. The third-order valence-corrected chi connectivity index (χ3v) is 2.77. The zero-order valence-electron chi connectivity index (χ0n) is 7.88. The van der Waals surface area contributed by atoms with Crippen LogP contribution >= 0.6 is 0 Å². The average Bonchev–Trinajstić information content (AvgIpc) is 2.33. The Labute approximate surface area is 73.9 Å². The molecule has 68 valence electrons. The average molecular weight is 167 g/mol. The first kappa shape index (κ1) is 7.90. The van der Waals surface area contributed by atoms with Crippen LogP contribution in [0, 0.1) is 5.92 Å². The second-order valence-corrected chi connectivity index (χ2v) is 4.04. The van der Waals surface area contributed by atoms with E-state index in [2.05, 4.69) is 29.2 Å². The SMILES string of the molecule is CC1CC(NC2=NCCN2C)C1. The molecule has 1 heterocycles. The van der Waals surface area contributed by atoms with E-state index in [1.807, 2.05) is 0 Å². The molecule has 3 nitrogen and oxygen atoms in total. The smallest absolute Gasteiger partial charge is 0.194 e. The number of nitrogens with zero attached hydrogens (tertiary/aromatic N) is 2. The van der Waals surface area contributed by atoms with E-state index in [0.29, 0.717) is 6.04 Å². The minimum Gasteiger partial charge on any atom is -0.353 e. The van der Waals surface area contributed by atoms with Crippen LogP contribution in [-0.4, -0.2) is 37.0 Å². The maximum Gasteiger partial charge on any atom is 0.194 e. The summed E-state index contributed by atoms with van der Waals surface area (Å²) in [6.07, 6.45) is 2.62. The van der Waals surface area contributed by atoms with Crippen molar-refractivity contribution in [3.05, 3.63) is 0 Å². The molecule has 1 saturated carbocycles. The summed E-state index contributed by atoms with van der Waals surface area (Å²) in [6, 6.07) is 0.694. The minimum absolute atomic E-state index is 0.694. The van der Waals surface area contributed by atoms with Crippen molar-refractivity contribution >= 4 is 5.96 Å². The van der Waals surface area contributed by atoms with E-state index in [-0.39, 0.29) is 0 Å². The monoisotopic (exact) mass is 167 g/mol. The predicted molar refractivity (Wildman–Crippen MR) is 50.3 cm³/mol. The largest absolute Gasteiger partial charge is 0.353 e. The standard InChI is InChI=1S/C9H17N3/c1-7-5-8(6-7)11-9-10-3-4-12(9)2/h7-8H,3-6H2,1-2H3,(H,10,11). The van der Waals surface area contributed by atoms with Crippen molar-refractivity contribution in [1.82, 2.24) is 10.2 Å². The molecule has 0 radical (unpaired) electrons. The highest BCUT2D eigenvalue weighted by atomic mass is 15.3. The third kappa shape index (κ3) is 1.40. The Morgan fingerprint density at radius 2 is 2.25 bits per heavy atom. The molecule has 0 atom stereocenters. The fraction of sp³-hybridized carbons (Fsp3) is 0.889.